The van der Waals surface area contributed by atoms with Crippen LogP contribution in [0.4, 0.5) is 8.78 Å². The molecule has 264 valence electrons. The first-order valence-corrected chi connectivity index (χ1v) is 17.9. The van der Waals surface area contributed by atoms with Crippen LogP contribution < -0.4 is 0 Å². The predicted octanol–water partition coefficient (Wildman–Crippen LogP) is 4.91. The van der Waals surface area contributed by atoms with Gasteiger partial charge in [0.1, 0.15) is 17.2 Å². The van der Waals surface area contributed by atoms with Crippen molar-refractivity contribution >= 4 is 33.6 Å². The number of hydrogen-bond acceptors (Lipinski definition) is 9. The zero-order chi connectivity index (χ0) is 35.5. The average molecular weight is 687 g/mol. The Morgan fingerprint density at radius 3 is 2.32 bits per heavy atom. The number of ketones is 2. The van der Waals surface area contributed by atoms with Gasteiger partial charge in [-0.05, 0) is 94.3 Å². The van der Waals surface area contributed by atoms with Crippen LogP contribution in [0.25, 0.3) is 0 Å². The molecule has 10 nitrogen and oxygen atoms in total. The molecule has 47 heavy (non-hydrogen) atoms. The normalized spacial score (nSPS) is 36.2. The van der Waals surface area contributed by atoms with E-state index in [4.69, 9.17) is 15.7 Å². The summed E-state index contributed by atoms with van der Waals surface area (Å²) in [5, 5.41) is 5.04. The van der Waals surface area contributed by atoms with Crippen LogP contribution in [-0.4, -0.2) is 64.1 Å². The molecule has 4 saturated carbocycles. The molecule has 4 aliphatic rings. The Kier molecular flexibility index (Phi) is 9.92. The van der Waals surface area contributed by atoms with Crippen LogP contribution >= 0.6 is 0 Å². The second-order valence-electron chi connectivity index (χ2n) is 15.8. The van der Waals surface area contributed by atoms with Crippen molar-refractivity contribution in [3.8, 4) is 12.3 Å². The van der Waals surface area contributed by atoms with Crippen LogP contribution in [0.3, 0.4) is 0 Å². The maximum atomic E-state index is 14.0. The number of ether oxygens (including phenoxy) is 2. The number of aliphatic hydroxyl groups excluding tert-OH is 1. The van der Waals surface area contributed by atoms with Gasteiger partial charge < -0.3 is 14.6 Å². The summed E-state index contributed by atoms with van der Waals surface area (Å²) in [6, 6.07) is 0. The van der Waals surface area contributed by atoms with Gasteiger partial charge in [-0.2, -0.15) is 17.2 Å². The van der Waals surface area contributed by atoms with E-state index in [1.54, 1.807) is 0 Å². The fourth-order valence-corrected chi connectivity index (χ4v) is 10.1. The number of hydrogen-bond donors (Lipinski definition) is 2. The molecule has 10 atom stereocenters. The van der Waals surface area contributed by atoms with Gasteiger partial charge in [-0.15, -0.1) is 6.42 Å². The standard InChI is InChI=1S/C34H48F2O10S/c1-8-31(5,46-29(41)34(35,36)47(42,43)44)18-30(3,4)45-27(40)12-9-19(2)22-10-11-23-28-24(17-26(39)33(22,23)7)32(6)14-13-21(37)15-20(32)16-25(28)38/h1,19-24,28,37H,9-18H2,2-7H3,(H,42,43,44)/t19-,20+,21?,22-,23+,24+,28+,31?,32+,33-/m1/s1. The third-order valence-electron chi connectivity index (χ3n) is 12.2. The molecule has 2 unspecified atom stereocenters. The van der Waals surface area contributed by atoms with Gasteiger partial charge in [0.15, 0.2) is 5.60 Å². The summed E-state index contributed by atoms with van der Waals surface area (Å²) in [4.78, 5) is 52.5. The van der Waals surface area contributed by atoms with Crippen molar-refractivity contribution in [1.29, 1.82) is 0 Å². The lowest BCUT2D eigenvalue weighted by molar-refractivity contribution is -0.178. The van der Waals surface area contributed by atoms with E-state index in [9.17, 15) is 41.5 Å². The van der Waals surface area contributed by atoms with Crippen LogP contribution in [0.2, 0.25) is 0 Å². The predicted molar refractivity (Wildman–Crippen MR) is 165 cm³/mol. The van der Waals surface area contributed by atoms with Gasteiger partial charge in [0.2, 0.25) is 0 Å². The number of fused-ring (bicyclic) bond motifs is 5. The van der Waals surface area contributed by atoms with Crippen molar-refractivity contribution < 1.29 is 55.5 Å². The van der Waals surface area contributed by atoms with Crippen LogP contribution in [0, 0.1) is 58.7 Å². The van der Waals surface area contributed by atoms with Crippen LogP contribution in [0.5, 0.6) is 0 Å². The van der Waals surface area contributed by atoms with Crippen molar-refractivity contribution in [2.45, 2.75) is 128 Å². The van der Waals surface area contributed by atoms with E-state index < -0.39 is 56.5 Å². The molecule has 0 spiro atoms. The number of carbonyl (C=O) groups is 4. The summed E-state index contributed by atoms with van der Waals surface area (Å²) in [6.45, 7) is 10.1. The van der Waals surface area contributed by atoms with E-state index in [1.807, 2.05) is 19.8 Å². The molecule has 0 bridgehead atoms. The molecule has 0 amide bonds. The molecule has 4 fully saturated rings. The maximum absolute atomic E-state index is 14.0. The highest BCUT2D eigenvalue weighted by atomic mass is 32.2. The number of Topliss-reactive ketones (excluding diaryl/α,β-unsaturated/α-hetero) is 2. The number of rotatable bonds is 10. The highest BCUT2D eigenvalue weighted by Crippen LogP contribution is 2.66. The quantitative estimate of drug-likeness (QED) is 0.184. The highest BCUT2D eigenvalue weighted by Gasteiger charge is 2.66. The van der Waals surface area contributed by atoms with Crippen molar-refractivity contribution in [2.75, 3.05) is 0 Å². The number of aliphatic hydroxyl groups is 1. The van der Waals surface area contributed by atoms with Gasteiger partial charge in [0.05, 0.1) is 6.10 Å². The third-order valence-corrected chi connectivity index (χ3v) is 13.0. The molecule has 0 aromatic rings. The Bertz CT molecular complexity index is 1450. The Morgan fingerprint density at radius 2 is 1.72 bits per heavy atom. The molecule has 0 aromatic heterocycles. The van der Waals surface area contributed by atoms with Crippen LogP contribution in [0.1, 0.15) is 106 Å². The van der Waals surface area contributed by atoms with E-state index in [1.165, 1.54) is 13.8 Å². The average Bonchev–Trinajstić information content (AvgIpc) is 3.30. The molecular formula is C34H48F2O10S. The molecule has 0 aliphatic heterocycles. The molecular weight excluding hydrogens is 638 g/mol. The van der Waals surface area contributed by atoms with E-state index in [0.29, 0.717) is 32.1 Å². The molecule has 0 aromatic carbocycles. The summed E-state index contributed by atoms with van der Waals surface area (Å²) >= 11 is 0. The first-order chi connectivity index (χ1) is 21.4. The number of alkyl halides is 2. The summed E-state index contributed by atoms with van der Waals surface area (Å²) in [5.41, 5.74) is -4.39. The summed E-state index contributed by atoms with van der Waals surface area (Å²) in [5.74, 6) is -1.09. The van der Waals surface area contributed by atoms with Gasteiger partial charge in [-0.1, -0.05) is 26.7 Å². The number of carbonyl (C=O) groups excluding carboxylic acids is 4. The third kappa shape index (κ3) is 6.76. The smallest absolute Gasteiger partial charge is 0.459 e. The minimum atomic E-state index is -6.11. The van der Waals surface area contributed by atoms with E-state index in [2.05, 4.69) is 11.7 Å². The molecule has 2 N–H and O–H groups in total. The van der Waals surface area contributed by atoms with Crippen molar-refractivity contribution in [2.24, 2.45) is 46.3 Å². The molecule has 4 aliphatic carbocycles. The van der Waals surface area contributed by atoms with E-state index >= 15 is 0 Å². The minimum absolute atomic E-state index is 0.0228. The second kappa shape index (κ2) is 12.5. The van der Waals surface area contributed by atoms with Crippen LogP contribution in [-0.2, 0) is 38.8 Å². The first-order valence-electron chi connectivity index (χ1n) is 16.4. The van der Waals surface area contributed by atoms with E-state index in [-0.39, 0.29) is 58.9 Å². The molecule has 13 heteroatoms. The Morgan fingerprint density at radius 1 is 1.09 bits per heavy atom. The monoisotopic (exact) mass is 686 g/mol. The topological polar surface area (TPSA) is 161 Å². The van der Waals surface area contributed by atoms with Crippen molar-refractivity contribution in [3.05, 3.63) is 0 Å². The highest BCUT2D eigenvalue weighted by molar-refractivity contribution is 7.87. The Hall–Kier alpha value is -2.43. The van der Waals surface area contributed by atoms with Gasteiger partial charge >= 0.3 is 27.3 Å². The lowest BCUT2D eigenvalue weighted by Gasteiger charge is -2.59. The minimum Gasteiger partial charge on any atom is -0.459 e. The molecule has 4 rings (SSSR count). The fraction of sp³-hybridized carbons (Fsp3) is 0.824. The van der Waals surface area contributed by atoms with Gasteiger partial charge in [0, 0.05) is 37.0 Å². The number of esters is 2. The van der Waals surface area contributed by atoms with Crippen LogP contribution in [0.15, 0.2) is 0 Å². The maximum Gasteiger partial charge on any atom is 0.465 e. The fourth-order valence-electron chi connectivity index (χ4n) is 9.82. The van der Waals surface area contributed by atoms with Gasteiger partial charge in [-0.25, -0.2) is 4.79 Å². The Labute approximate surface area is 275 Å². The van der Waals surface area contributed by atoms with Crippen molar-refractivity contribution in [3.63, 3.8) is 0 Å². The zero-order valence-corrected chi connectivity index (χ0v) is 28.8. The molecule has 0 saturated heterocycles. The lowest BCUT2D eigenvalue weighted by Crippen LogP contribution is -2.60. The van der Waals surface area contributed by atoms with Crippen molar-refractivity contribution in [1.82, 2.24) is 0 Å². The first kappa shape index (κ1) is 37.4. The van der Waals surface area contributed by atoms with Gasteiger partial charge in [-0.3, -0.25) is 18.9 Å². The van der Waals surface area contributed by atoms with E-state index in [0.717, 1.165) is 26.2 Å². The Balaban J connectivity index is 1.39. The summed E-state index contributed by atoms with van der Waals surface area (Å²) in [7, 11) is -6.11. The molecule has 0 radical (unpaired) electrons. The summed E-state index contributed by atoms with van der Waals surface area (Å²) < 4.78 is 68.3. The molecule has 0 heterocycles. The number of halogens is 2. The largest absolute Gasteiger partial charge is 0.465 e. The van der Waals surface area contributed by atoms with Gasteiger partial charge in [0.25, 0.3) is 0 Å². The zero-order valence-electron chi connectivity index (χ0n) is 28.0. The second-order valence-corrected chi connectivity index (χ2v) is 17.3. The summed E-state index contributed by atoms with van der Waals surface area (Å²) in [6.07, 6.45) is 9.29. The number of terminal acetylenes is 1. The SMILES string of the molecule is C#CC(C)(CC(C)(C)OC(=O)CC[C@@H](C)[C@H]1CC[C@H]2[C@@H]3C(=O)C[C@@H]4CC(O)CC[C@]4(C)[C@H]3CC(=O)[C@]12C)OC(=O)C(F)(F)S(=O)(=O)O. The lowest BCUT2D eigenvalue weighted by atomic mass is 9.43.